The highest BCUT2D eigenvalue weighted by atomic mass is 16.6. The van der Waals surface area contributed by atoms with E-state index in [1.807, 2.05) is 25.2 Å². The fourth-order valence-corrected chi connectivity index (χ4v) is 2.10. The summed E-state index contributed by atoms with van der Waals surface area (Å²) in [6, 6.07) is 6.12. The molecule has 0 fully saturated rings. The number of ether oxygens (including phenoxy) is 2. The number of rotatable bonds is 5. The van der Waals surface area contributed by atoms with E-state index in [-0.39, 0.29) is 11.8 Å². The van der Waals surface area contributed by atoms with Gasteiger partial charge in [-0.3, -0.25) is 0 Å². The molecule has 1 aliphatic heterocycles. The minimum Gasteiger partial charge on any atom is -0.486 e. The average Bonchev–Trinajstić information content (AvgIpc) is 2.39. The monoisotopic (exact) mass is 249 g/mol. The van der Waals surface area contributed by atoms with Gasteiger partial charge in [-0.1, -0.05) is 6.07 Å². The first-order chi connectivity index (χ1) is 8.70. The molecule has 2 rings (SSSR count). The number of ketones is 1. The summed E-state index contributed by atoms with van der Waals surface area (Å²) in [5, 5.41) is 3.23. The Morgan fingerprint density at radius 2 is 2.06 bits per heavy atom. The van der Waals surface area contributed by atoms with E-state index in [1.54, 1.807) is 6.92 Å². The Balaban J connectivity index is 2.12. The standard InChI is InChI=1S/C14H19NO3/c1-10(16)3-5-12(15-2)11-4-6-13-14(9-11)18-8-7-17-13/h4,6,9,12,15H,3,5,7-8H2,1-2H3. The lowest BCUT2D eigenvalue weighted by Gasteiger charge is -2.21. The molecule has 0 saturated carbocycles. The van der Waals surface area contributed by atoms with Gasteiger partial charge in [0.15, 0.2) is 11.5 Å². The van der Waals surface area contributed by atoms with Gasteiger partial charge in [-0.05, 0) is 38.1 Å². The van der Waals surface area contributed by atoms with Gasteiger partial charge in [0.05, 0.1) is 0 Å². The molecule has 4 heteroatoms. The SMILES string of the molecule is CNC(CCC(C)=O)c1ccc2c(c1)OCCO2. The van der Waals surface area contributed by atoms with Gasteiger partial charge in [0, 0.05) is 12.5 Å². The number of hydrogen-bond donors (Lipinski definition) is 1. The summed E-state index contributed by atoms with van der Waals surface area (Å²) in [6.45, 7) is 2.82. The third kappa shape index (κ3) is 3.01. The van der Waals surface area contributed by atoms with E-state index < -0.39 is 0 Å². The molecule has 0 amide bonds. The van der Waals surface area contributed by atoms with Crippen molar-refractivity contribution in [3.63, 3.8) is 0 Å². The van der Waals surface area contributed by atoms with Crippen molar-refractivity contribution in [2.75, 3.05) is 20.3 Å². The van der Waals surface area contributed by atoms with Crippen LogP contribution >= 0.6 is 0 Å². The molecule has 0 aromatic heterocycles. The molecule has 0 saturated heterocycles. The molecule has 0 radical (unpaired) electrons. The number of fused-ring (bicyclic) bond motifs is 1. The Morgan fingerprint density at radius 3 is 2.72 bits per heavy atom. The summed E-state index contributed by atoms with van der Waals surface area (Å²) in [5.41, 5.74) is 1.13. The van der Waals surface area contributed by atoms with E-state index in [0.29, 0.717) is 19.6 Å². The van der Waals surface area contributed by atoms with Crippen molar-refractivity contribution in [3.8, 4) is 11.5 Å². The molecule has 0 spiro atoms. The topological polar surface area (TPSA) is 47.6 Å². The smallest absolute Gasteiger partial charge is 0.161 e. The molecule has 1 aliphatic rings. The molecular weight excluding hydrogens is 230 g/mol. The average molecular weight is 249 g/mol. The van der Waals surface area contributed by atoms with Gasteiger partial charge in [-0.25, -0.2) is 0 Å². The molecule has 0 bridgehead atoms. The van der Waals surface area contributed by atoms with Gasteiger partial charge >= 0.3 is 0 Å². The molecule has 4 nitrogen and oxygen atoms in total. The van der Waals surface area contributed by atoms with Crippen molar-refractivity contribution in [2.45, 2.75) is 25.8 Å². The first-order valence-electron chi connectivity index (χ1n) is 6.27. The molecule has 1 aromatic rings. The van der Waals surface area contributed by atoms with Crippen LogP contribution in [-0.2, 0) is 4.79 Å². The Labute approximate surface area is 107 Å². The summed E-state index contributed by atoms with van der Waals surface area (Å²) < 4.78 is 11.1. The van der Waals surface area contributed by atoms with Gasteiger partial charge in [0.2, 0.25) is 0 Å². The second-order valence-electron chi connectivity index (χ2n) is 4.49. The van der Waals surface area contributed by atoms with E-state index in [1.165, 1.54) is 0 Å². The summed E-state index contributed by atoms with van der Waals surface area (Å²) in [5.74, 6) is 1.81. The van der Waals surface area contributed by atoms with E-state index in [9.17, 15) is 4.79 Å². The molecule has 98 valence electrons. The largest absolute Gasteiger partial charge is 0.486 e. The van der Waals surface area contributed by atoms with Crippen molar-refractivity contribution >= 4 is 5.78 Å². The molecule has 1 atom stereocenters. The van der Waals surface area contributed by atoms with Crippen molar-refractivity contribution < 1.29 is 14.3 Å². The van der Waals surface area contributed by atoms with E-state index in [0.717, 1.165) is 23.5 Å². The Bertz CT molecular complexity index is 431. The van der Waals surface area contributed by atoms with Crippen molar-refractivity contribution in [1.82, 2.24) is 5.32 Å². The van der Waals surface area contributed by atoms with Crippen LogP contribution < -0.4 is 14.8 Å². The fourth-order valence-electron chi connectivity index (χ4n) is 2.10. The number of carbonyl (C=O) groups excluding carboxylic acids is 1. The first kappa shape index (κ1) is 12.9. The van der Waals surface area contributed by atoms with Crippen molar-refractivity contribution in [2.24, 2.45) is 0 Å². The molecular formula is C14H19NO3. The van der Waals surface area contributed by atoms with Crippen LogP contribution in [0.1, 0.15) is 31.4 Å². The molecule has 1 N–H and O–H groups in total. The van der Waals surface area contributed by atoms with Crippen molar-refractivity contribution in [3.05, 3.63) is 23.8 Å². The van der Waals surface area contributed by atoms with Crippen LogP contribution in [0.15, 0.2) is 18.2 Å². The van der Waals surface area contributed by atoms with E-state index in [2.05, 4.69) is 5.32 Å². The first-order valence-corrected chi connectivity index (χ1v) is 6.27. The highest BCUT2D eigenvalue weighted by Gasteiger charge is 2.16. The van der Waals surface area contributed by atoms with Gasteiger partial charge in [-0.2, -0.15) is 0 Å². The second-order valence-corrected chi connectivity index (χ2v) is 4.49. The Kier molecular flexibility index (Phi) is 4.20. The summed E-state index contributed by atoms with van der Waals surface area (Å²) in [6.07, 6.45) is 1.38. The molecule has 1 heterocycles. The zero-order valence-electron chi connectivity index (χ0n) is 10.9. The minimum atomic E-state index is 0.171. The van der Waals surface area contributed by atoms with E-state index in [4.69, 9.17) is 9.47 Å². The van der Waals surface area contributed by atoms with Crippen molar-refractivity contribution in [1.29, 1.82) is 0 Å². The molecule has 0 aliphatic carbocycles. The van der Waals surface area contributed by atoms with Crippen LogP contribution in [0.4, 0.5) is 0 Å². The molecule has 1 aromatic carbocycles. The lowest BCUT2D eigenvalue weighted by atomic mass is 10.0. The fraction of sp³-hybridized carbons (Fsp3) is 0.500. The van der Waals surface area contributed by atoms with Crippen LogP contribution in [-0.4, -0.2) is 26.0 Å². The maximum atomic E-state index is 11.1. The third-order valence-electron chi connectivity index (χ3n) is 3.10. The normalized spacial score (nSPS) is 15.2. The quantitative estimate of drug-likeness (QED) is 0.868. The molecule has 18 heavy (non-hydrogen) atoms. The number of nitrogens with one attached hydrogen (secondary N) is 1. The van der Waals surface area contributed by atoms with Gasteiger partial charge in [0.25, 0.3) is 0 Å². The molecule has 1 unspecified atom stereocenters. The van der Waals surface area contributed by atoms with Gasteiger partial charge < -0.3 is 19.6 Å². The lowest BCUT2D eigenvalue weighted by molar-refractivity contribution is -0.117. The number of hydrogen-bond acceptors (Lipinski definition) is 4. The third-order valence-corrected chi connectivity index (χ3v) is 3.10. The van der Waals surface area contributed by atoms with Crippen LogP contribution in [0.3, 0.4) is 0 Å². The summed E-state index contributed by atoms with van der Waals surface area (Å²) >= 11 is 0. The van der Waals surface area contributed by atoms with Crippen LogP contribution in [0.5, 0.6) is 11.5 Å². The predicted octanol–water partition coefficient (Wildman–Crippen LogP) is 2.09. The predicted molar refractivity (Wildman–Crippen MR) is 69.1 cm³/mol. The van der Waals surface area contributed by atoms with E-state index >= 15 is 0 Å². The number of Topliss-reactive ketones (excluding diaryl/α,β-unsaturated/α-hetero) is 1. The van der Waals surface area contributed by atoms with Crippen LogP contribution in [0.2, 0.25) is 0 Å². The zero-order valence-corrected chi connectivity index (χ0v) is 10.9. The van der Waals surface area contributed by atoms with Crippen LogP contribution in [0.25, 0.3) is 0 Å². The van der Waals surface area contributed by atoms with Gasteiger partial charge in [0.1, 0.15) is 19.0 Å². The summed E-state index contributed by atoms with van der Waals surface area (Å²) in [7, 11) is 1.90. The van der Waals surface area contributed by atoms with Gasteiger partial charge in [-0.15, -0.1) is 0 Å². The minimum absolute atomic E-state index is 0.171. The van der Waals surface area contributed by atoms with Crippen LogP contribution in [0, 0.1) is 0 Å². The zero-order chi connectivity index (χ0) is 13.0. The Morgan fingerprint density at radius 1 is 1.33 bits per heavy atom. The second kappa shape index (κ2) is 5.87. The maximum Gasteiger partial charge on any atom is 0.161 e. The summed E-state index contributed by atoms with van der Waals surface area (Å²) in [4.78, 5) is 11.1. The number of benzene rings is 1. The Hall–Kier alpha value is -1.55. The lowest BCUT2D eigenvalue weighted by Crippen LogP contribution is -2.19. The maximum absolute atomic E-state index is 11.1. The highest BCUT2D eigenvalue weighted by Crippen LogP contribution is 2.33. The highest BCUT2D eigenvalue weighted by molar-refractivity contribution is 5.75. The number of carbonyl (C=O) groups is 1.